The molecule has 1 fully saturated rings. The Hall–Kier alpha value is -1.57. The predicted octanol–water partition coefficient (Wildman–Crippen LogP) is 0.0886. The summed E-state index contributed by atoms with van der Waals surface area (Å²) in [5, 5.41) is 12.8. The molecule has 0 aromatic heterocycles. The van der Waals surface area contributed by atoms with E-state index in [0.717, 1.165) is 25.7 Å². The van der Waals surface area contributed by atoms with Gasteiger partial charge in [-0.3, -0.25) is 4.79 Å². The lowest BCUT2D eigenvalue weighted by Gasteiger charge is -2.34. The van der Waals surface area contributed by atoms with Crippen molar-refractivity contribution in [2.75, 3.05) is 0 Å². The Morgan fingerprint density at radius 2 is 2.21 bits per heavy atom. The molecule has 1 heterocycles. The molecule has 1 atom stereocenters. The number of nitrogens with one attached hydrogen (secondary N) is 1. The Balaban J connectivity index is 2.43. The first-order valence-corrected chi connectivity index (χ1v) is 4.74. The third kappa shape index (κ3) is 1.00. The number of rotatable bonds is 0. The smallest absolute Gasteiger partial charge is 0.258 e. The van der Waals surface area contributed by atoms with Gasteiger partial charge in [0.2, 0.25) is 0 Å². The maximum Gasteiger partial charge on any atom is 0.258 e. The molecule has 1 unspecified atom stereocenters. The Bertz CT molecular complexity index is 335. The summed E-state index contributed by atoms with van der Waals surface area (Å²) in [7, 11) is 0. The molecule has 5 nitrogen and oxygen atoms in total. The SMILES string of the molecule is N#CC1C(=O)NN=C(N)C12CCCC2. The molecule has 2 rings (SSSR count). The maximum absolute atomic E-state index is 11.4. The van der Waals surface area contributed by atoms with Crippen LogP contribution in [0.3, 0.4) is 0 Å². The van der Waals surface area contributed by atoms with Gasteiger partial charge in [-0.15, -0.1) is 0 Å². The van der Waals surface area contributed by atoms with Crippen LogP contribution >= 0.6 is 0 Å². The molecular formula is C9H12N4O. The first-order valence-electron chi connectivity index (χ1n) is 4.74. The van der Waals surface area contributed by atoms with Crippen LogP contribution in [0.15, 0.2) is 5.10 Å². The molecule has 0 aromatic carbocycles. The first kappa shape index (κ1) is 9.00. The van der Waals surface area contributed by atoms with E-state index >= 15 is 0 Å². The summed E-state index contributed by atoms with van der Waals surface area (Å²) < 4.78 is 0. The van der Waals surface area contributed by atoms with Gasteiger partial charge in [-0.25, -0.2) is 5.43 Å². The van der Waals surface area contributed by atoms with Crippen LogP contribution in [0.4, 0.5) is 0 Å². The number of hydrazone groups is 1. The van der Waals surface area contributed by atoms with Crippen LogP contribution in [0.25, 0.3) is 0 Å². The molecule has 74 valence electrons. The number of carbonyl (C=O) groups excluding carboxylic acids is 1. The van der Waals surface area contributed by atoms with Crippen LogP contribution in [0.1, 0.15) is 25.7 Å². The summed E-state index contributed by atoms with van der Waals surface area (Å²) in [6.07, 6.45) is 3.63. The largest absolute Gasteiger partial charge is 0.385 e. The summed E-state index contributed by atoms with van der Waals surface area (Å²) in [6.45, 7) is 0. The van der Waals surface area contributed by atoms with Crippen LogP contribution in [0.5, 0.6) is 0 Å². The predicted molar refractivity (Wildman–Crippen MR) is 49.8 cm³/mol. The Kier molecular flexibility index (Phi) is 1.92. The second-order valence-electron chi connectivity index (χ2n) is 3.90. The van der Waals surface area contributed by atoms with Gasteiger partial charge in [-0.05, 0) is 12.8 Å². The molecule has 1 spiro atoms. The summed E-state index contributed by atoms with van der Waals surface area (Å²) >= 11 is 0. The van der Waals surface area contributed by atoms with Crippen molar-refractivity contribution in [2.24, 2.45) is 22.2 Å². The number of amidine groups is 1. The second-order valence-corrected chi connectivity index (χ2v) is 3.90. The lowest BCUT2D eigenvalue weighted by atomic mass is 9.72. The van der Waals surface area contributed by atoms with Gasteiger partial charge in [0.25, 0.3) is 5.91 Å². The molecule has 3 N–H and O–H groups in total. The average molecular weight is 192 g/mol. The van der Waals surface area contributed by atoms with E-state index in [-0.39, 0.29) is 5.91 Å². The lowest BCUT2D eigenvalue weighted by Crippen LogP contribution is -2.51. The third-order valence-electron chi connectivity index (χ3n) is 3.24. The fourth-order valence-corrected chi connectivity index (χ4v) is 2.42. The van der Waals surface area contributed by atoms with Crippen molar-refractivity contribution >= 4 is 11.7 Å². The number of amides is 1. The molecule has 1 amide bonds. The number of carbonyl (C=O) groups is 1. The van der Waals surface area contributed by atoms with Crippen LogP contribution in [0.2, 0.25) is 0 Å². The van der Waals surface area contributed by atoms with E-state index in [1.54, 1.807) is 0 Å². The molecular weight excluding hydrogens is 180 g/mol. The van der Waals surface area contributed by atoms with E-state index in [9.17, 15) is 4.79 Å². The van der Waals surface area contributed by atoms with Gasteiger partial charge >= 0.3 is 0 Å². The molecule has 0 radical (unpaired) electrons. The van der Waals surface area contributed by atoms with E-state index in [1.807, 2.05) is 6.07 Å². The first-order chi connectivity index (χ1) is 6.70. The summed E-state index contributed by atoms with van der Waals surface area (Å²) in [5.41, 5.74) is 7.60. The van der Waals surface area contributed by atoms with Crippen molar-refractivity contribution < 1.29 is 4.79 Å². The van der Waals surface area contributed by atoms with Crippen molar-refractivity contribution in [3.05, 3.63) is 0 Å². The van der Waals surface area contributed by atoms with Gasteiger partial charge in [-0.2, -0.15) is 10.4 Å². The zero-order chi connectivity index (χ0) is 10.2. The van der Waals surface area contributed by atoms with Crippen LogP contribution in [0, 0.1) is 22.7 Å². The minimum Gasteiger partial charge on any atom is -0.385 e. The summed E-state index contributed by atoms with van der Waals surface area (Å²) in [6, 6.07) is 2.04. The Morgan fingerprint density at radius 3 is 2.79 bits per heavy atom. The Morgan fingerprint density at radius 1 is 1.57 bits per heavy atom. The number of hydrogen-bond acceptors (Lipinski definition) is 4. The van der Waals surface area contributed by atoms with Gasteiger partial charge in [0, 0.05) is 0 Å². The van der Waals surface area contributed by atoms with Crippen LogP contribution < -0.4 is 11.2 Å². The van der Waals surface area contributed by atoms with Crippen molar-refractivity contribution in [1.82, 2.24) is 5.43 Å². The Labute approximate surface area is 82.0 Å². The molecule has 2 aliphatic rings. The number of nitriles is 1. The molecule has 0 aromatic rings. The van der Waals surface area contributed by atoms with Gasteiger partial charge in [0.15, 0.2) is 0 Å². The quantitative estimate of drug-likeness (QED) is 0.569. The third-order valence-corrected chi connectivity index (χ3v) is 3.24. The topological polar surface area (TPSA) is 91.3 Å². The summed E-state index contributed by atoms with van der Waals surface area (Å²) in [4.78, 5) is 11.4. The normalized spacial score (nSPS) is 29.5. The fourth-order valence-electron chi connectivity index (χ4n) is 2.42. The summed E-state index contributed by atoms with van der Waals surface area (Å²) in [5.74, 6) is -0.563. The van der Waals surface area contributed by atoms with E-state index < -0.39 is 11.3 Å². The highest BCUT2D eigenvalue weighted by molar-refractivity contribution is 5.98. The zero-order valence-corrected chi connectivity index (χ0v) is 7.79. The fraction of sp³-hybridized carbons (Fsp3) is 0.667. The van der Waals surface area contributed by atoms with Gasteiger partial charge < -0.3 is 5.73 Å². The standard InChI is InChI=1S/C9H12N4O/c10-5-6-7(14)12-13-8(11)9(6)3-1-2-4-9/h6H,1-4H2,(H2,11,13)(H,12,14). The molecule has 0 bridgehead atoms. The average Bonchev–Trinajstić information content (AvgIpc) is 2.63. The van der Waals surface area contributed by atoms with Crippen LogP contribution in [-0.2, 0) is 4.79 Å². The van der Waals surface area contributed by atoms with E-state index in [2.05, 4.69) is 10.5 Å². The number of nitrogens with zero attached hydrogens (tertiary/aromatic N) is 2. The minimum absolute atomic E-state index is 0.316. The molecule has 1 saturated carbocycles. The molecule has 1 aliphatic carbocycles. The molecule has 14 heavy (non-hydrogen) atoms. The zero-order valence-electron chi connectivity index (χ0n) is 7.79. The maximum atomic E-state index is 11.4. The minimum atomic E-state index is -0.664. The van der Waals surface area contributed by atoms with Gasteiger partial charge in [0.1, 0.15) is 11.8 Å². The number of hydrogen-bond donors (Lipinski definition) is 2. The van der Waals surface area contributed by atoms with E-state index in [1.165, 1.54) is 0 Å². The molecule has 5 heteroatoms. The van der Waals surface area contributed by atoms with Crippen molar-refractivity contribution in [3.63, 3.8) is 0 Å². The second kappa shape index (κ2) is 2.98. The highest BCUT2D eigenvalue weighted by Crippen LogP contribution is 2.45. The van der Waals surface area contributed by atoms with E-state index in [0.29, 0.717) is 5.84 Å². The van der Waals surface area contributed by atoms with Gasteiger partial charge in [0.05, 0.1) is 11.5 Å². The van der Waals surface area contributed by atoms with Crippen molar-refractivity contribution in [1.29, 1.82) is 5.26 Å². The van der Waals surface area contributed by atoms with E-state index in [4.69, 9.17) is 11.0 Å². The number of nitrogens with two attached hydrogens (primary N) is 1. The van der Waals surface area contributed by atoms with Crippen molar-refractivity contribution in [3.8, 4) is 6.07 Å². The highest BCUT2D eigenvalue weighted by Gasteiger charge is 2.50. The molecule has 1 aliphatic heterocycles. The highest BCUT2D eigenvalue weighted by atomic mass is 16.2. The van der Waals surface area contributed by atoms with Crippen LogP contribution in [-0.4, -0.2) is 11.7 Å². The van der Waals surface area contributed by atoms with Crippen molar-refractivity contribution in [2.45, 2.75) is 25.7 Å². The monoisotopic (exact) mass is 192 g/mol. The van der Waals surface area contributed by atoms with Gasteiger partial charge in [-0.1, -0.05) is 12.8 Å². The molecule has 0 saturated heterocycles. The lowest BCUT2D eigenvalue weighted by molar-refractivity contribution is -0.126.